The van der Waals surface area contributed by atoms with Gasteiger partial charge in [0.1, 0.15) is 0 Å². The van der Waals surface area contributed by atoms with E-state index in [0.29, 0.717) is 16.6 Å². The van der Waals surface area contributed by atoms with Crippen LogP contribution in [0.25, 0.3) is 11.3 Å². The first-order valence-corrected chi connectivity index (χ1v) is 8.75. The van der Waals surface area contributed by atoms with E-state index in [1.807, 2.05) is 17.5 Å². The Labute approximate surface area is 155 Å². The Bertz CT molecular complexity index is 895. The van der Waals surface area contributed by atoms with E-state index in [1.165, 1.54) is 31.1 Å². The summed E-state index contributed by atoms with van der Waals surface area (Å²) in [6.45, 7) is 2.06. The molecule has 1 aromatic heterocycles. The number of aromatic nitrogens is 1. The molecule has 0 aliphatic heterocycles. The molecule has 0 spiro atoms. The molecule has 0 radical (unpaired) electrons. The molecule has 7 heteroatoms. The molecule has 0 unspecified atom stereocenters. The normalized spacial score (nSPS) is 10.9. The Kier molecular flexibility index (Phi) is 5.38. The van der Waals surface area contributed by atoms with Crippen LogP contribution in [0, 0.1) is 6.92 Å². The van der Waals surface area contributed by atoms with Gasteiger partial charge in [0.2, 0.25) is 10.9 Å². The number of nitrogens with one attached hydrogen (secondary N) is 1. The first kappa shape index (κ1) is 17.8. The van der Waals surface area contributed by atoms with Gasteiger partial charge in [-0.15, -0.1) is 11.3 Å². The number of phenols is 1. The zero-order chi connectivity index (χ0) is 18.5. The standard InChI is InChI=1S/C19H19N3O3S/c1-12-4-6-14(7-5-12)15-11-26-19(21-15)22-20-10-13-8-16(24-2)18(23)17(9-13)25-3/h4-11,23H,1-3H3,(H,21,22)/b20-10-. The van der Waals surface area contributed by atoms with Gasteiger partial charge in [-0.3, -0.25) is 5.43 Å². The molecule has 0 saturated heterocycles. The fraction of sp³-hybridized carbons (Fsp3) is 0.158. The highest BCUT2D eigenvalue weighted by molar-refractivity contribution is 7.14. The van der Waals surface area contributed by atoms with Crippen molar-refractivity contribution in [2.75, 3.05) is 19.6 Å². The summed E-state index contributed by atoms with van der Waals surface area (Å²) in [7, 11) is 2.96. The predicted octanol–water partition coefficient (Wildman–Crippen LogP) is 4.29. The fourth-order valence-corrected chi connectivity index (χ4v) is 3.00. The van der Waals surface area contributed by atoms with Gasteiger partial charge in [0.05, 0.1) is 26.1 Å². The minimum absolute atomic E-state index is 0.0391. The van der Waals surface area contributed by atoms with Gasteiger partial charge in [-0.2, -0.15) is 5.10 Å². The van der Waals surface area contributed by atoms with Crippen molar-refractivity contribution in [3.63, 3.8) is 0 Å². The number of benzene rings is 2. The number of hydrazone groups is 1. The molecular formula is C19H19N3O3S. The number of aromatic hydroxyl groups is 1. The highest BCUT2D eigenvalue weighted by Crippen LogP contribution is 2.36. The van der Waals surface area contributed by atoms with Crippen molar-refractivity contribution >= 4 is 22.7 Å². The SMILES string of the molecule is COc1cc(/C=N\Nc2nc(-c3ccc(C)cc3)cs2)cc(OC)c1O. The van der Waals surface area contributed by atoms with E-state index in [0.717, 1.165) is 16.8 Å². The number of nitrogens with zero attached hydrogens (tertiary/aromatic N) is 2. The van der Waals surface area contributed by atoms with Crippen LogP contribution in [0.3, 0.4) is 0 Å². The number of rotatable bonds is 6. The first-order chi connectivity index (χ1) is 12.6. The third-order valence-corrected chi connectivity index (χ3v) is 4.47. The Morgan fingerprint density at radius 3 is 2.38 bits per heavy atom. The topological polar surface area (TPSA) is 76.0 Å². The van der Waals surface area contributed by atoms with E-state index >= 15 is 0 Å². The first-order valence-electron chi connectivity index (χ1n) is 7.87. The molecule has 0 aliphatic rings. The maximum Gasteiger partial charge on any atom is 0.203 e. The molecule has 3 rings (SSSR count). The summed E-state index contributed by atoms with van der Waals surface area (Å²) in [5, 5.41) is 16.8. The summed E-state index contributed by atoms with van der Waals surface area (Å²) in [5.41, 5.74) is 6.82. The molecule has 0 fully saturated rings. The summed E-state index contributed by atoms with van der Waals surface area (Å²) in [5.74, 6) is 0.603. The third kappa shape index (κ3) is 3.94. The lowest BCUT2D eigenvalue weighted by atomic mass is 10.1. The van der Waals surface area contributed by atoms with Crippen molar-refractivity contribution in [1.82, 2.24) is 4.98 Å². The molecule has 3 aromatic rings. The fourth-order valence-electron chi connectivity index (χ4n) is 2.33. The number of thiazole rings is 1. The molecule has 2 N–H and O–H groups in total. The van der Waals surface area contributed by atoms with Crippen LogP contribution in [0.5, 0.6) is 17.2 Å². The molecule has 0 atom stereocenters. The number of hydrogen-bond acceptors (Lipinski definition) is 7. The van der Waals surface area contributed by atoms with Crippen LogP contribution in [0.1, 0.15) is 11.1 Å². The van der Waals surface area contributed by atoms with Gasteiger partial charge < -0.3 is 14.6 Å². The van der Waals surface area contributed by atoms with Crippen molar-refractivity contribution in [2.24, 2.45) is 5.10 Å². The molecule has 134 valence electrons. The molecule has 2 aromatic carbocycles. The number of anilines is 1. The maximum atomic E-state index is 9.93. The molecule has 6 nitrogen and oxygen atoms in total. The molecule has 26 heavy (non-hydrogen) atoms. The van der Waals surface area contributed by atoms with E-state index in [2.05, 4.69) is 34.6 Å². The summed E-state index contributed by atoms with van der Waals surface area (Å²) in [6.07, 6.45) is 1.61. The second-order valence-electron chi connectivity index (χ2n) is 5.55. The molecular weight excluding hydrogens is 350 g/mol. The monoisotopic (exact) mass is 369 g/mol. The van der Waals surface area contributed by atoms with Crippen LogP contribution in [-0.2, 0) is 0 Å². The smallest absolute Gasteiger partial charge is 0.203 e. The van der Waals surface area contributed by atoms with E-state index in [1.54, 1.807) is 18.3 Å². The second-order valence-corrected chi connectivity index (χ2v) is 6.41. The Hall–Kier alpha value is -3.06. The highest BCUT2D eigenvalue weighted by Gasteiger charge is 2.10. The van der Waals surface area contributed by atoms with Gasteiger partial charge in [0, 0.05) is 16.5 Å². The largest absolute Gasteiger partial charge is 0.502 e. The Morgan fingerprint density at radius 2 is 1.77 bits per heavy atom. The average molecular weight is 369 g/mol. The lowest BCUT2D eigenvalue weighted by Gasteiger charge is -2.09. The molecule has 0 amide bonds. The summed E-state index contributed by atoms with van der Waals surface area (Å²) in [4.78, 5) is 4.53. The van der Waals surface area contributed by atoms with Crippen LogP contribution in [0.2, 0.25) is 0 Å². The molecule has 0 aliphatic carbocycles. The second kappa shape index (κ2) is 7.88. The molecule has 0 saturated carbocycles. The highest BCUT2D eigenvalue weighted by atomic mass is 32.1. The van der Waals surface area contributed by atoms with Gasteiger partial charge in [0.25, 0.3) is 0 Å². The Morgan fingerprint density at radius 1 is 1.12 bits per heavy atom. The van der Waals surface area contributed by atoms with Crippen LogP contribution >= 0.6 is 11.3 Å². The van der Waals surface area contributed by atoms with Crippen LogP contribution in [0.4, 0.5) is 5.13 Å². The minimum Gasteiger partial charge on any atom is -0.502 e. The van der Waals surface area contributed by atoms with Gasteiger partial charge in [-0.05, 0) is 19.1 Å². The number of ether oxygens (including phenoxy) is 2. The van der Waals surface area contributed by atoms with Crippen LogP contribution < -0.4 is 14.9 Å². The van der Waals surface area contributed by atoms with Gasteiger partial charge in [-0.1, -0.05) is 29.8 Å². The number of methoxy groups -OCH3 is 2. The predicted molar refractivity (Wildman–Crippen MR) is 105 cm³/mol. The van der Waals surface area contributed by atoms with Gasteiger partial charge >= 0.3 is 0 Å². The maximum absolute atomic E-state index is 9.93. The quantitative estimate of drug-likeness (QED) is 0.501. The number of phenolic OH excluding ortho intramolecular Hbond substituents is 1. The van der Waals surface area contributed by atoms with E-state index in [4.69, 9.17) is 9.47 Å². The van der Waals surface area contributed by atoms with E-state index in [-0.39, 0.29) is 5.75 Å². The third-order valence-electron chi connectivity index (χ3n) is 3.73. The van der Waals surface area contributed by atoms with E-state index in [9.17, 15) is 5.11 Å². The minimum atomic E-state index is -0.0391. The van der Waals surface area contributed by atoms with Gasteiger partial charge in [0.15, 0.2) is 11.5 Å². The van der Waals surface area contributed by atoms with Crippen LogP contribution in [-0.4, -0.2) is 30.5 Å². The van der Waals surface area contributed by atoms with Crippen molar-refractivity contribution in [3.8, 4) is 28.5 Å². The zero-order valence-corrected chi connectivity index (χ0v) is 15.5. The van der Waals surface area contributed by atoms with Crippen molar-refractivity contribution in [1.29, 1.82) is 0 Å². The van der Waals surface area contributed by atoms with Crippen LogP contribution in [0.15, 0.2) is 46.9 Å². The lowest BCUT2D eigenvalue weighted by molar-refractivity contribution is 0.340. The number of aryl methyl sites for hydroxylation is 1. The summed E-state index contributed by atoms with van der Waals surface area (Å²) >= 11 is 1.48. The van der Waals surface area contributed by atoms with Gasteiger partial charge in [-0.25, -0.2) is 4.98 Å². The van der Waals surface area contributed by atoms with E-state index < -0.39 is 0 Å². The van der Waals surface area contributed by atoms with Crippen molar-refractivity contribution < 1.29 is 14.6 Å². The zero-order valence-electron chi connectivity index (χ0n) is 14.7. The lowest BCUT2D eigenvalue weighted by Crippen LogP contribution is -1.94. The Balaban J connectivity index is 1.72. The van der Waals surface area contributed by atoms with Crippen molar-refractivity contribution in [3.05, 3.63) is 52.9 Å². The molecule has 1 heterocycles. The van der Waals surface area contributed by atoms with Crippen molar-refractivity contribution in [2.45, 2.75) is 6.92 Å². The summed E-state index contributed by atoms with van der Waals surface area (Å²) < 4.78 is 10.3. The average Bonchev–Trinajstić information content (AvgIpc) is 3.12. The number of hydrogen-bond donors (Lipinski definition) is 2. The summed E-state index contributed by atoms with van der Waals surface area (Å²) in [6, 6.07) is 11.6. The molecule has 0 bridgehead atoms.